The molecule has 0 aliphatic heterocycles. The van der Waals surface area contributed by atoms with Crippen molar-refractivity contribution in [2.75, 3.05) is 5.33 Å². The van der Waals surface area contributed by atoms with Crippen LogP contribution in [-0.2, 0) is 4.79 Å². The monoisotopic (exact) mass is 261 g/mol. The molecule has 82 valence electrons. The van der Waals surface area contributed by atoms with Crippen LogP contribution in [0.2, 0.25) is 0 Å². The third-order valence-corrected chi connectivity index (χ3v) is 4.52. The molecule has 2 nitrogen and oxygen atoms in total. The molecule has 1 fully saturated rings. The van der Waals surface area contributed by atoms with Gasteiger partial charge in [0, 0.05) is 16.8 Å². The lowest BCUT2D eigenvalue weighted by molar-refractivity contribution is -0.124. The average molecular weight is 262 g/mol. The van der Waals surface area contributed by atoms with Crippen molar-refractivity contribution in [2.24, 2.45) is 11.8 Å². The van der Waals surface area contributed by atoms with E-state index in [4.69, 9.17) is 0 Å². The minimum atomic E-state index is -0.0284. The quantitative estimate of drug-likeness (QED) is 0.758. The van der Waals surface area contributed by atoms with Gasteiger partial charge in [-0.2, -0.15) is 0 Å². The molecule has 1 aliphatic carbocycles. The number of hydrogen-bond donors (Lipinski definition) is 1. The second kappa shape index (κ2) is 4.65. The Morgan fingerprint density at radius 3 is 2.29 bits per heavy atom. The lowest BCUT2D eigenvalue weighted by Crippen LogP contribution is -2.49. The van der Waals surface area contributed by atoms with E-state index in [2.05, 4.69) is 42.0 Å². The molecular formula is C11H20BrNO. The van der Waals surface area contributed by atoms with Crippen molar-refractivity contribution >= 4 is 21.8 Å². The summed E-state index contributed by atoms with van der Waals surface area (Å²) >= 11 is 3.49. The Bertz CT molecular complexity index is 205. The molecule has 0 radical (unpaired) electrons. The van der Waals surface area contributed by atoms with Crippen LogP contribution >= 0.6 is 15.9 Å². The Kier molecular flexibility index (Phi) is 3.99. The minimum absolute atomic E-state index is 0.0284. The number of halogens is 1. The first kappa shape index (κ1) is 12.0. The zero-order valence-electron chi connectivity index (χ0n) is 9.27. The van der Waals surface area contributed by atoms with Crippen molar-refractivity contribution in [1.29, 1.82) is 0 Å². The summed E-state index contributed by atoms with van der Waals surface area (Å²) in [7, 11) is 0. The predicted molar refractivity (Wildman–Crippen MR) is 62.5 cm³/mol. The molecule has 1 N–H and O–H groups in total. The van der Waals surface area contributed by atoms with Crippen molar-refractivity contribution in [3.8, 4) is 0 Å². The first-order valence-electron chi connectivity index (χ1n) is 5.46. The van der Waals surface area contributed by atoms with Crippen LogP contribution < -0.4 is 5.32 Å². The van der Waals surface area contributed by atoms with Gasteiger partial charge in [0.05, 0.1) is 0 Å². The average Bonchev–Trinajstić information content (AvgIpc) is 2.92. The maximum Gasteiger partial charge on any atom is 0.223 e. The molecule has 1 amide bonds. The van der Waals surface area contributed by atoms with Crippen molar-refractivity contribution in [3.05, 3.63) is 0 Å². The van der Waals surface area contributed by atoms with Gasteiger partial charge < -0.3 is 5.32 Å². The van der Waals surface area contributed by atoms with Crippen molar-refractivity contribution < 1.29 is 4.79 Å². The van der Waals surface area contributed by atoms with Gasteiger partial charge in [0.1, 0.15) is 0 Å². The maximum absolute atomic E-state index is 11.8. The second-order valence-corrected chi connectivity index (χ2v) is 4.99. The van der Waals surface area contributed by atoms with E-state index in [0.29, 0.717) is 5.92 Å². The topological polar surface area (TPSA) is 29.1 Å². The Balaban J connectivity index is 2.50. The van der Waals surface area contributed by atoms with Crippen LogP contribution in [0.4, 0.5) is 0 Å². The standard InChI is InChI=1S/C11H20BrNO/c1-4-11(5-2,7-12)13-10(14)9-6-8(9)3/h8-9H,4-7H2,1-3H3,(H,13,14). The number of rotatable bonds is 5. The molecule has 0 spiro atoms. The maximum atomic E-state index is 11.8. The molecule has 0 aromatic rings. The first-order valence-corrected chi connectivity index (χ1v) is 6.58. The van der Waals surface area contributed by atoms with Gasteiger partial charge in [-0.1, -0.05) is 36.7 Å². The highest BCUT2D eigenvalue weighted by Gasteiger charge is 2.41. The molecular weight excluding hydrogens is 242 g/mol. The summed E-state index contributed by atoms with van der Waals surface area (Å²) in [5, 5.41) is 4.03. The number of hydrogen-bond acceptors (Lipinski definition) is 1. The Labute approximate surface area is 95.0 Å². The van der Waals surface area contributed by atoms with Crippen LogP contribution in [0.15, 0.2) is 0 Å². The van der Waals surface area contributed by atoms with Crippen LogP contribution in [0.5, 0.6) is 0 Å². The molecule has 2 atom stereocenters. The molecule has 1 rings (SSSR count). The largest absolute Gasteiger partial charge is 0.350 e. The van der Waals surface area contributed by atoms with Gasteiger partial charge in [-0.15, -0.1) is 0 Å². The molecule has 0 aromatic carbocycles. The molecule has 0 aromatic heterocycles. The highest BCUT2D eigenvalue weighted by Crippen LogP contribution is 2.38. The molecule has 14 heavy (non-hydrogen) atoms. The number of nitrogens with one attached hydrogen (secondary N) is 1. The molecule has 2 unspecified atom stereocenters. The fourth-order valence-corrected chi connectivity index (χ4v) is 2.62. The number of alkyl halides is 1. The van der Waals surface area contributed by atoms with E-state index >= 15 is 0 Å². The van der Waals surface area contributed by atoms with Gasteiger partial charge in [-0.05, 0) is 25.2 Å². The van der Waals surface area contributed by atoms with Crippen LogP contribution in [0.3, 0.4) is 0 Å². The van der Waals surface area contributed by atoms with Gasteiger partial charge in [-0.3, -0.25) is 4.79 Å². The fraction of sp³-hybridized carbons (Fsp3) is 0.909. The molecule has 0 saturated heterocycles. The van der Waals surface area contributed by atoms with E-state index in [1.807, 2.05) is 0 Å². The van der Waals surface area contributed by atoms with E-state index < -0.39 is 0 Å². The van der Waals surface area contributed by atoms with Gasteiger partial charge in [-0.25, -0.2) is 0 Å². The summed E-state index contributed by atoms with van der Waals surface area (Å²) in [6, 6.07) is 0. The molecule has 0 bridgehead atoms. The van der Waals surface area contributed by atoms with E-state index in [9.17, 15) is 4.79 Å². The van der Waals surface area contributed by atoms with Crippen LogP contribution in [0, 0.1) is 11.8 Å². The van der Waals surface area contributed by atoms with Crippen molar-refractivity contribution in [1.82, 2.24) is 5.32 Å². The van der Waals surface area contributed by atoms with E-state index in [1.54, 1.807) is 0 Å². The minimum Gasteiger partial charge on any atom is -0.350 e. The predicted octanol–water partition coefficient (Wildman–Crippen LogP) is 2.71. The SMILES string of the molecule is CCC(CC)(CBr)NC(=O)C1CC1C. The summed E-state index contributed by atoms with van der Waals surface area (Å²) in [5.41, 5.74) is -0.0284. The van der Waals surface area contributed by atoms with Gasteiger partial charge >= 0.3 is 0 Å². The number of carbonyl (C=O) groups is 1. The van der Waals surface area contributed by atoms with Gasteiger partial charge in [0.15, 0.2) is 0 Å². The van der Waals surface area contributed by atoms with Crippen LogP contribution in [-0.4, -0.2) is 16.8 Å². The highest BCUT2D eigenvalue weighted by molar-refractivity contribution is 9.09. The second-order valence-electron chi connectivity index (χ2n) is 4.43. The summed E-state index contributed by atoms with van der Waals surface area (Å²) in [6.07, 6.45) is 3.04. The van der Waals surface area contributed by atoms with Gasteiger partial charge in [0.2, 0.25) is 5.91 Å². The Hall–Kier alpha value is -0.0500. The van der Waals surface area contributed by atoms with Crippen LogP contribution in [0.1, 0.15) is 40.0 Å². The molecule has 3 heteroatoms. The lowest BCUT2D eigenvalue weighted by atomic mass is 9.95. The number of amides is 1. The highest BCUT2D eigenvalue weighted by atomic mass is 79.9. The summed E-state index contributed by atoms with van der Waals surface area (Å²) in [4.78, 5) is 11.8. The third-order valence-electron chi connectivity index (χ3n) is 3.44. The zero-order chi connectivity index (χ0) is 10.8. The Morgan fingerprint density at radius 1 is 1.50 bits per heavy atom. The lowest BCUT2D eigenvalue weighted by Gasteiger charge is -2.31. The smallest absolute Gasteiger partial charge is 0.223 e. The van der Waals surface area contributed by atoms with E-state index in [1.165, 1.54) is 0 Å². The third kappa shape index (κ3) is 2.50. The van der Waals surface area contributed by atoms with Crippen molar-refractivity contribution in [3.63, 3.8) is 0 Å². The molecule has 1 saturated carbocycles. The first-order chi connectivity index (χ1) is 6.58. The van der Waals surface area contributed by atoms with Gasteiger partial charge in [0.25, 0.3) is 0 Å². The Morgan fingerprint density at radius 2 is 2.00 bits per heavy atom. The molecule has 1 aliphatic rings. The van der Waals surface area contributed by atoms with Crippen molar-refractivity contribution in [2.45, 2.75) is 45.6 Å². The van der Waals surface area contributed by atoms with E-state index in [-0.39, 0.29) is 17.4 Å². The number of carbonyl (C=O) groups excluding carboxylic acids is 1. The fourth-order valence-electron chi connectivity index (χ4n) is 1.69. The summed E-state index contributed by atoms with van der Waals surface area (Å²) in [5.74, 6) is 1.13. The molecule has 0 heterocycles. The van der Waals surface area contributed by atoms with Crippen LogP contribution in [0.25, 0.3) is 0 Å². The summed E-state index contributed by atoms with van der Waals surface area (Å²) < 4.78 is 0. The normalized spacial score (nSPS) is 26.0. The summed E-state index contributed by atoms with van der Waals surface area (Å²) in [6.45, 7) is 6.39. The van der Waals surface area contributed by atoms with E-state index in [0.717, 1.165) is 24.6 Å². The zero-order valence-corrected chi connectivity index (χ0v) is 10.9.